The summed E-state index contributed by atoms with van der Waals surface area (Å²) in [6.45, 7) is 13.7. The molecule has 5 rings (SSSR count). The third kappa shape index (κ3) is 6.34. The summed E-state index contributed by atoms with van der Waals surface area (Å²) in [6.07, 6.45) is 1.75. The van der Waals surface area contributed by atoms with Crippen LogP contribution in [0.1, 0.15) is 78.2 Å². The van der Waals surface area contributed by atoms with E-state index in [9.17, 15) is 9.59 Å². The third-order valence-electron chi connectivity index (χ3n) is 7.99. The SMILES string of the molecule is Cc1ccc(-n2nc(C(C)(C)C)cc2NC(=O)Nc2ccccc2C(C(=O)c2cc(C)oc2C)C2CCNCC2)cc1. The molecule has 42 heavy (non-hydrogen) atoms. The number of Topliss-reactive ketones (excluding diaryl/α,β-unsaturated/α-hetero) is 1. The van der Waals surface area contributed by atoms with E-state index in [2.05, 4.69) is 36.7 Å². The maximum Gasteiger partial charge on any atom is 0.324 e. The lowest BCUT2D eigenvalue weighted by Gasteiger charge is -2.31. The molecular formula is C34H41N5O3. The Hall–Kier alpha value is -4.17. The van der Waals surface area contributed by atoms with E-state index in [1.54, 1.807) is 4.68 Å². The number of benzene rings is 2. The molecule has 220 valence electrons. The molecule has 1 fully saturated rings. The summed E-state index contributed by atoms with van der Waals surface area (Å²) >= 11 is 0. The first-order chi connectivity index (χ1) is 20.0. The number of hydrogen-bond acceptors (Lipinski definition) is 5. The van der Waals surface area contributed by atoms with Crippen LogP contribution in [0, 0.1) is 26.7 Å². The molecule has 0 bridgehead atoms. The Kier molecular flexibility index (Phi) is 8.36. The van der Waals surface area contributed by atoms with E-state index in [0.29, 0.717) is 28.6 Å². The number of aryl methyl sites for hydroxylation is 3. The number of piperidine rings is 1. The Morgan fingerprint density at radius 1 is 0.976 bits per heavy atom. The fourth-order valence-electron chi connectivity index (χ4n) is 5.70. The summed E-state index contributed by atoms with van der Waals surface area (Å²) in [4.78, 5) is 27.7. The molecule has 3 heterocycles. The van der Waals surface area contributed by atoms with Gasteiger partial charge in [-0.15, -0.1) is 0 Å². The first-order valence-electron chi connectivity index (χ1n) is 14.7. The van der Waals surface area contributed by atoms with E-state index in [1.807, 2.05) is 81.4 Å². The normalized spacial score (nSPS) is 14.9. The Labute approximate surface area is 247 Å². The third-order valence-corrected chi connectivity index (χ3v) is 7.99. The number of carbonyl (C=O) groups is 2. The zero-order valence-corrected chi connectivity index (χ0v) is 25.4. The van der Waals surface area contributed by atoms with E-state index in [-0.39, 0.29) is 17.1 Å². The molecule has 1 aliphatic heterocycles. The second-order valence-electron chi connectivity index (χ2n) is 12.3. The van der Waals surface area contributed by atoms with Gasteiger partial charge in [0, 0.05) is 17.2 Å². The second-order valence-corrected chi connectivity index (χ2v) is 12.3. The number of nitrogens with one attached hydrogen (secondary N) is 3. The maximum atomic E-state index is 14.1. The number of rotatable bonds is 7. The number of hydrogen-bond donors (Lipinski definition) is 3. The van der Waals surface area contributed by atoms with Gasteiger partial charge in [0.2, 0.25) is 0 Å². The molecule has 0 aliphatic carbocycles. The van der Waals surface area contributed by atoms with Gasteiger partial charge in [0.15, 0.2) is 5.78 Å². The van der Waals surface area contributed by atoms with E-state index in [4.69, 9.17) is 9.52 Å². The van der Waals surface area contributed by atoms with E-state index < -0.39 is 11.9 Å². The van der Waals surface area contributed by atoms with Crippen LogP contribution in [0.4, 0.5) is 16.3 Å². The standard InChI is InChI=1S/C34H41N5O3/c1-21-11-13-25(14-12-21)39-30(20-29(38-39)34(4,5)6)37-33(41)36-28-10-8-7-9-26(28)31(24-15-17-35-18-16-24)32(40)27-19-22(2)42-23(27)3/h7-14,19-20,24,31,35H,15-18H2,1-6H3,(H2,36,37,41). The molecule has 8 nitrogen and oxygen atoms in total. The quantitative estimate of drug-likeness (QED) is 0.204. The first-order valence-corrected chi connectivity index (χ1v) is 14.7. The highest BCUT2D eigenvalue weighted by Gasteiger charge is 2.35. The fraction of sp³-hybridized carbons (Fsp3) is 0.382. The molecule has 1 saturated heterocycles. The highest BCUT2D eigenvalue weighted by Crippen LogP contribution is 2.39. The molecule has 2 aromatic carbocycles. The van der Waals surface area contributed by atoms with Crippen molar-refractivity contribution < 1.29 is 14.0 Å². The lowest BCUT2D eigenvalue weighted by Crippen LogP contribution is -2.34. The van der Waals surface area contributed by atoms with Crippen molar-refractivity contribution in [1.29, 1.82) is 0 Å². The molecule has 8 heteroatoms. The summed E-state index contributed by atoms with van der Waals surface area (Å²) < 4.78 is 7.49. The van der Waals surface area contributed by atoms with E-state index >= 15 is 0 Å². The molecule has 0 radical (unpaired) electrons. The molecular weight excluding hydrogens is 526 g/mol. The van der Waals surface area contributed by atoms with Crippen molar-refractivity contribution in [3.05, 3.63) is 94.6 Å². The lowest BCUT2D eigenvalue weighted by atomic mass is 9.75. The highest BCUT2D eigenvalue weighted by atomic mass is 16.3. The van der Waals surface area contributed by atoms with Gasteiger partial charge in [0.25, 0.3) is 0 Å². The van der Waals surface area contributed by atoms with E-state index in [0.717, 1.165) is 48.4 Å². The van der Waals surface area contributed by atoms with Crippen LogP contribution in [-0.4, -0.2) is 34.7 Å². The minimum atomic E-state index is -0.412. The number of nitrogens with zero attached hydrogens (tertiary/aromatic N) is 2. The molecule has 1 unspecified atom stereocenters. The Bertz CT molecular complexity index is 1570. The summed E-state index contributed by atoms with van der Waals surface area (Å²) in [5, 5.41) is 14.3. The van der Waals surface area contributed by atoms with Crippen LogP contribution in [0.3, 0.4) is 0 Å². The summed E-state index contributed by atoms with van der Waals surface area (Å²) in [5.74, 6) is 1.65. The Morgan fingerprint density at radius 2 is 1.67 bits per heavy atom. The molecule has 2 amide bonds. The van der Waals surface area contributed by atoms with E-state index in [1.165, 1.54) is 0 Å². The Balaban J connectivity index is 1.46. The van der Waals surface area contributed by atoms with Gasteiger partial charge in [-0.05, 0) is 82.4 Å². The van der Waals surface area contributed by atoms with Crippen LogP contribution in [0.15, 0.2) is 65.1 Å². The largest absolute Gasteiger partial charge is 0.466 e. The molecule has 3 N–H and O–H groups in total. The van der Waals surface area contributed by atoms with Crippen LogP contribution >= 0.6 is 0 Å². The number of furan rings is 1. The number of carbonyl (C=O) groups excluding carboxylic acids is 2. The van der Waals surface area contributed by atoms with Crippen molar-refractivity contribution in [2.45, 2.75) is 65.7 Å². The monoisotopic (exact) mass is 567 g/mol. The minimum absolute atomic E-state index is 0.0261. The minimum Gasteiger partial charge on any atom is -0.466 e. The number of para-hydroxylation sites is 1. The van der Waals surface area contributed by atoms with Gasteiger partial charge in [-0.2, -0.15) is 5.10 Å². The maximum absolute atomic E-state index is 14.1. The van der Waals surface area contributed by atoms with Gasteiger partial charge >= 0.3 is 6.03 Å². The summed E-state index contributed by atoms with van der Waals surface area (Å²) in [5.41, 5.74) is 4.68. The van der Waals surface area contributed by atoms with Crippen LogP contribution in [0.25, 0.3) is 5.69 Å². The van der Waals surface area contributed by atoms with Crippen molar-refractivity contribution in [2.75, 3.05) is 23.7 Å². The predicted octanol–water partition coefficient (Wildman–Crippen LogP) is 7.30. The van der Waals surface area contributed by atoms with Crippen LogP contribution in [0.5, 0.6) is 0 Å². The molecule has 0 spiro atoms. The predicted molar refractivity (Wildman–Crippen MR) is 167 cm³/mol. The van der Waals surface area contributed by atoms with Crippen molar-refractivity contribution in [3.8, 4) is 5.69 Å². The first kappa shape index (κ1) is 29.3. The van der Waals surface area contributed by atoms with Gasteiger partial charge in [-0.3, -0.25) is 10.1 Å². The topological polar surface area (TPSA) is 101 Å². The average molecular weight is 568 g/mol. The summed E-state index contributed by atoms with van der Waals surface area (Å²) in [6, 6.07) is 19.0. The molecule has 1 atom stereocenters. The molecule has 2 aromatic heterocycles. The zero-order chi connectivity index (χ0) is 30.0. The summed E-state index contributed by atoms with van der Waals surface area (Å²) in [7, 11) is 0. The number of urea groups is 1. The number of amides is 2. The Morgan fingerprint density at radius 3 is 2.31 bits per heavy atom. The molecule has 1 aliphatic rings. The average Bonchev–Trinajstić information content (AvgIpc) is 3.53. The zero-order valence-electron chi connectivity index (χ0n) is 25.4. The molecule has 4 aromatic rings. The molecule has 0 saturated carbocycles. The number of anilines is 2. The highest BCUT2D eigenvalue weighted by molar-refractivity contribution is 6.05. The second kappa shape index (κ2) is 12.0. The van der Waals surface area contributed by atoms with Crippen LogP contribution in [-0.2, 0) is 5.41 Å². The van der Waals surface area contributed by atoms with Gasteiger partial charge in [0.05, 0.1) is 22.9 Å². The van der Waals surface area contributed by atoms with Gasteiger partial charge in [0.1, 0.15) is 17.3 Å². The van der Waals surface area contributed by atoms with Gasteiger partial charge in [-0.1, -0.05) is 56.7 Å². The van der Waals surface area contributed by atoms with Gasteiger partial charge < -0.3 is 15.1 Å². The number of aromatic nitrogens is 2. The van der Waals surface area contributed by atoms with Crippen molar-refractivity contribution >= 4 is 23.3 Å². The van der Waals surface area contributed by atoms with Crippen molar-refractivity contribution in [2.24, 2.45) is 5.92 Å². The number of ketones is 1. The van der Waals surface area contributed by atoms with Gasteiger partial charge in [-0.25, -0.2) is 9.48 Å². The van der Waals surface area contributed by atoms with Crippen molar-refractivity contribution in [3.63, 3.8) is 0 Å². The van der Waals surface area contributed by atoms with Crippen LogP contribution in [0.2, 0.25) is 0 Å². The van der Waals surface area contributed by atoms with Crippen LogP contribution < -0.4 is 16.0 Å². The van der Waals surface area contributed by atoms with Crippen molar-refractivity contribution in [1.82, 2.24) is 15.1 Å². The smallest absolute Gasteiger partial charge is 0.324 e. The lowest BCUT2D eigenvalue weighted by molar-refractivity contribution is 0.0914. The fourth-order valence-corrected chi connectivity index (χ4v) is 5.70.